The zero-order valence-electron chi connectivity index (χ0n) is 12.9. The van der Waals surface area contributed by atoms with Gasteiger partial charge in [-0.3, -0.25) is 4.79 Å². The largest absolute Gasteiger partial charge is 0.491 e. The summed E-state index contributed by atoms with van der Waals surface area (Å²) < 4.78 is 5.61. The Bertz CT molecular complexity index is 627. The Labute approximate surface area is 126 Å². The van der Waals surface area contributed by atoms with Crippen LogP contribution in [-0.4, -0.2) is 12.0 Å². The summed E-state index contributed by atoms with van der Waals surface area (Å²) in [5.41, 5.74) is 3.66. The van der Waals surface area contributed by atoms with Crippen LogP contribution in [0.15, 0.2) is 42.5 Å². The Morgan fingerprint density at radius 2 is 1.71 bits per heavy atom. The predicted molar refractivity (Wildman–Crippen MR) is 86.1 cm³/mol. The Kier molecular flexibility index (Phi) is 4.63. The Morgan fingerprint density at radius 1 is 1.05 bits per heavy atom. The number of hydrogen-bond donors (Lipinski definition) is 1. The number of amides is 1. The van der Waals surface area contributed by atoms with Crippen molar-refractivity contribution >= 4 is 11.6 Å². The molecule has 0 aliphatic carbocycles. The lowest BCUT2D eigenvalue weighted by atomic mass is 10.1. The monoisotopic (exact) mass is 283 g/mol. The number of hydrogen-bond acceptors (Lipinski definition) is 2. The molecule has 0 unspecified atom stereocenters. The summed E-state index contributed by atoms with van der Waals surface area (Å²) in [5, 5.41) is 2.93. The van der Waals surface area contributed by atoms with Gasteiger partial charge in [0, 0.05) is 11.3 Å². The lowest BCUT2D eigenvalue weighted by molar-refractivity contribution is 0.102. The molecule has 3 nitrogen and oxygen atoms in total. The third-order valence-electron chi connectivity index (χ3n) is 2.95. The fraction of sp³-hybridized carbons (Fsp3) is 0.278. The summed E-state index contributed by atoms with van der Waals surface area (Å²) in [4.78, 5) is 12.3. The van der Waals surface area contributed by atoms with Gasteiger partial charge in [0.25, 0.3) is 5.91 Å². The molecular weight excluding hydrogens is 262 g/mol. The molecule has 0 atom stereocenters. The van der Waals surface area contributed by atoms with Gasteiger partial charge in [-0.25, -0.2) is 0 Å². The molecule has 0 heterocycles. The van der Waals surface area contributed by atoms with Crippen molar-refractivity contribution in [3.05, 3.63) is 59.2 Å². The van der Waals surface area contributed by atoms with E-state index in [1.165, 1.54) is 0 Å². The highest BCUT2D eigenvalue weighted by atomic mass is 16.5. The van der Waals surface area contributed by atoms with Crippen LogP contribution in [0.5, 0.6) is 5.75 Å². The molecule has 2 aromatic carbocycles. The maximum atomic E-state index is 12.3. The highest BCUT2D eigenvalue weighted by molar-refractivity contribution is 6.04. The van der Waals surface area contributed by atoms with Crippen molar-refractivity contribution in [1.29, 1.82) is 0 Å². The minimum Gasteiger partial charge on any atom is -0.491 e. The lowest BCUT2D eigenvalue weighted by Crippen LogP contribution is -2.13. The predicted octanol–water partition coefficient (Wildman–Crippen LogP) is 4.34. The van der Waals surface area contributed by atoms with E-state index in [2.05, 4.69) is 11.4 Å². The Balaban J connectivity index is 2.16. The van der Waals surface area contributed by atoms with Crippen LogP contribution in [0, 0.1) is 13.8 Å². The van der Waals surface area contributed by atoms with E-state index in [-0.39, 0.29) is 12.0 Å². The number of nitrogens with one attached hydrogen (secondary N) is 1. The quantitative estimate of drug-likeness (QED) is 0.906. The topological polar surface area (TPSA) is 38.3 Å². The van der Waals surface area contributed by atoms with Crippen LogP contribution in [0.4, 0.5) is 5.69 Å². The first-order valence-corrected chi connectivity index (χ1v) is 7.10. The van der Waals surface area contributed by atoms with E-state index in [1.54, 1.807) is 12.1 Å². The van der Waals surface area contributed by atoms with Crippen LogP contribution < -0.4 is 10.1 Å². The van der Waals surface area contributed by atoms with Crippen LogP contribution in [0.2, 0.25) is 0 Å². The van der Waals surface area contributed by atoms with Gasteiger partial charge < -0.3 is 10.1 Å². The van der Waals surface area contributed by atoms with Crippen LogP contribution in [0.1, 0.15) is 35.3 Å². The van der Waals surface area contributed by atoms with Gasteiger partial charge in [-0.1, -0.05) is 12.1 Å². The zero-order valence-corrected chi connectivity index (χ0v) is 12.9. The second kappa shape index (κ2) is 6.44. The fourth-order valence-electron chi connectivity index (χ4n) is 2.23. The number of carbonyl (C=O) groups excluding carboxylic acids is 1. The summed E-state index contributed by atoms with van der Waals surface area (Å²) >= 11 is 0. The van der Waals surface area contributed by atoms with Gasteiger partial charge in [0.2, 0.25) is 0 Å². The van der Waals surface area contributed by atoms with Crippen LogP contribution >= 0.6 is 0 Å². The molecule has 1 amide bonds. The highest BCUT2D eigenvalue weighted by Crippen LogP contribution is 2.18. The van der Waals surface area contributed by atoms with E-state index in [0.29, 0.717) is 11.3 Å². The molecule has 0 radical (unpaired) electrons. The van der Waals surface area contributed by atoms with Gasteiger partial charge in [-0.15, -0.1) is 0 Å². The van der Waals surface area contributed by atoms with E-state index in [0.717, 1.165) is 16.8 Å². The minimum absolute atomic E-state index is 0.0859. The van der Waals surface area contributed by atoms with Gasteiger partial charge in [-0.05, 0) is 69.2 Å². The highest BCUT2D eigenvalue weighted by Gasteiger charge is 2.08. The van der Waals surface area contributed by atoms with Crippen molar-refractivity contribution in [2.75, 3.05) is 5.32 Å². The van der Waals surface area contributed by atoms with Crippen molar-refractivity contribution in [3.8, 4) is 5.75 Å². The molecule has 110 valence electrons. The smallest absolute Gasteiger partial charge is 0.255 e. The molecule has 0 aliphatic heterocycles. The van der Waals surface area contributed by atoms with E-state index in [9.17, 15) is 4.79 Å². The normalized spacial score (nSPS) is 10.5. The van der Waals surface area contributed by atoms with Crippen molar-refractivity contribution in [2.45, 2.75) is 33.8 Å². The SMILES string of the molecule is Cc1cc(C)cc(NC(=O)c2cccc(OC(C)C)c2)c1. The fourth-order valence-corrected chi connectivity index (χ4v) is 2.23. The van der Waals surface area contributed by atoms with E-state index >= 15 is 0 Å². The maximum Gasteiger partial charge on any atom is 0.255 e. The summed E-state index contributed by atoms with van der Waals surface area (Å²) in [6, 6.07) is 13.2. The van der Waals surface area contributed by atoms with E-state index in [1.807, 2.05) is 52.0 Å². The minimum atomic E-state index is -0.130. The molecule has 2 aromatic rings. The first kappa shape index (κ1) is 15.1. The molecule has 2 rings (SSSR count). The number of ether oxygens (including phenoxy) is 1. The van der Waals surface area contributed by atoms with Crippen LogP contribution in [0.3, 0.4) is 0 Å². The van der Waals surface area contributed by atoms with E-state index < -0.39 is 0 Å². The number of carbonyl (C=O) groups is 1. The standard InChI is InChI=1S/C18H21NO2/c1-12(2)21-17-7-5-6-15(11-17)18(20)19-16-9-13(3)8-14(4)10-16/h5-12H,1-4H3,(H,19,20). The Hall–Kier alpha value is -2.29. The van der Waals surface area contributed by atoms with Crippen molar-refractivity contribution in [3.63, 3.8) is 0 Å². The molecule has 0 saturated heterocycles. The van der Waals surface area contributed by atoms with Gasteiger partial charge in [0.1, 0.15) is 5.75 Å². The Morgan fingerprint density at radius 3 is 2.33 bits per heavy atom. The molecule has 21 heavy (non-hydrogen) atoms. The average molecular weight is 283 g/mol. The maximum absolute atomic E-state index is 12.3. The molecule has 0 spiro atoms. The summed E-state index contributed by atoms with van der Waals surface area (Å²) in [7, 11) is 0. The van der Waals surface area contributed by atoms with Crippen molar-refractivity contribution in [2.24, 2.45) is 0 Å². The second-order valence-corrected chi connectivity index (χ2v) is 5.52. The molecule has 0 aliphatic rings. The number of anilines is 1. The molecule has 1 N–H and O–H groups in total. The van der Waals surface area contributed by atoms with Gasteiger partial charge >= 0.3 is 0 Å². The van der Waals surface area contributed by atoms with Crippen molar-refractivity contribution in [1.82, 2.24) is 0 Å². The van der Waals surface area contributed by atoms with E-state index in [4.69, 9.17) is 4.74 Å². The average Bonchev–Trinajstić information content (AvgIpc) is 2.36. The van der Waals surface area contributed by atoms with Crippen LogP contribution in [-0.2, 0) is 0 Å². The lowest BCUT2D eigenvalue weighted by Gasteiger charge is -2.11. The number of benzene rings is 2. The molecule has 0 aromatic heterocycles. The molecule has 3 heteroatoms. The van der Waals surface area contributed by atoms with Crippen molar-refractivity contribution < 1.29 is 9.53 Å². The van der Waals surface area contributed by atoms with Gasteiger partial charge in [-0.2, -0.15) is 0 Å². The molecule has 0 fully saturated rings. The first-order chi connectivity index (χ1) is 9.94. The second-order valence-electron chi connectivity index (χ2n) is 5.52. The number of aryl methyl sites for hydroxylation is 2. The number of rotatable bonds is 4. The molecular formula is C18H21NO2. The third-order valence-corrected chi connectivity index (χ3v) is 2.95. The summed E-state index contributed by atoms with van der Waals surface area (Å²) in [6.45, 7) is 7.95. The molecule has 0 bridgehead atoms. The zero-order chi connectivity index (χ0) is 15.4. The first-order valence-electron chi connectivity index (χ1n) is 7.10. The van der Waals surface area contributed by atoms with Gasteiger partial charge in [0.15, 0.2) is 0 Å². The van der Waals surface area contributed by atoms with Gasteiger partial charge in [0.05, 0.1) is 6.10 Å². The summed E-state index contributed by atoms with van der Waals surface area (Å²) in [6.07, 6.45) is 0.0859. The van der Waals surface area contributed by atoms with Crippen LogP contribution in [0.25, 0.3) is 0 Å². The third kappa shape index (κ3) is 4.35. The summed E-state index contributed by atoms with van der Waals surface area (Å²) in [5.74, 6) is 0.576. The molecule has 0 saturated carbocycles.